The number of benzene rings is 1. The van der Waals surface area contributed by atoms with Crippen LogP contribution in [0, 0.1) is 6.92 Å². The molecule has 0 aliphatic carbocycles. The number of phenols is 1. The predicted octanol–water partition coefficient (Wildman–Crippen LogP) is 2.50. The van der Waals surface area contributed by atoms with E-state index in [2.05, 4.69) is 4.99 Å². The van der Waals surface area contributed by atoms with Crippen molar-refractivity contribution in [2.24, 2.45) is 4.99 Å². The first-order valence-corrected chi connectivity index (χ1v) is 5.66. The van der Waals surface area contributed by atoms with Crippen molar-refractivity contribution in [1.29, 1.82) is 0 Å². The predicted molar refractivity (Wildman–Crippen MR) is 71.4 cm³/mol. The van der Waals surface area contributed by atoms with E-state index >= 15 is 0 Å². The van der Waals surface area contributed by atoms with Gasteiger partial charge >= 0.3 is 5.63 Å². The van der Waals surface area contributed by atoms with Gasteiger partial charge in [0.25, 0.3) is 0 Å². The number of aliphatic imine (C=N–C) groups is 1. The molecule has 0 spiro atoms. The molecule has 2 rings (SSSR count). The Morgan fingerprint density at radius 2 is 1.84 bits per heavy atom. The van der Waals surface area contributed by atoms with Gasteiger partial charge < -0.3 is 14.6 Å². The Bertz CT molecular complexity index is 684. The summed E-state index contributed by atoms with van der Waals surface area (Å²) < 4.78 is 4.93. The molecule has 19 heavy (non-hydrogen) atoms. The quantitative estimate of drug-likeness (QED) is 0.812. The van der Waals surface area contributed by atoms with Crippen molar-refractivity contribution < 1.29 is 14.6 Å². The average molecular weight is 259 g/mol. The van der Waals surface area contributed by atoms with Gasteiger partial charge in [-0.15, -0.1) is 0 Å². The minimum Gasteiger partial charge on any atom is -0.508 e. The summed E-state index contributed by atoms with van der Waals surface area (Å²) >= 11 is 0. The highest BCUT2D eigenvalue weighted by Crippen LogP contribution is 2.20. The van der Waals surface area contributed by atoms with Gasteiger partial charge in [0.1, 0.15) is 22.8 Å². The lowest BCUT2D eigenvalue weighted by Gasteiger charge is -2.03. The highest BCUT2D eigenvalue weighted by atomic mass is 16.4. The van der Waals surface area contributed by atoms with Crippen LogP contribution in [0.25, 0.3) is 0 Å². The van der Waals surface area contributed by atoms with E-state index in [-0.39, 0.29) is 17.1 Å². The first-order chi connectivity index (χ1) is 8.97. The third kappa shape index (κ3) is 2.82. The molecule has 0 unspecified atom stereocenters. The van der Waals surface area contributed by atoms with E-state index in [1.54, 1.807) is 26.0 Å². The summed E-state index contributed by atoms with van der Waals surface area (Å²) in [5.41, 5.74) is 0.322. The molecule has 5 heteroatoms. The summed E-state index contributed by atoms with van der Waals surface area (Å²) in [6.45, 7) is 3.19. The van der Waals surface area contributed by atoms with Gasteiger partial charge in [0.15, 0.2) is 0 Å². The van der Waals surface area contributed by atoms with Crippen molar-refractivity contribution in [3.05, 3.63) is 52.1 Å². The smallest absolute Gasteiger partial charge is 0.348 e. The van der Waals surface area contributed by atoms with Gasteiger partial charge in [-0.1, -0.05) is 0 Å². The number of aryl methyl sites for hydroxylation is 1. The van der Waals surface area contributed by atoms with E-state index in [0.29, 0.717) is 17.2 Å². The number of hydrogen-bond donors (Lipinski definition) is 2. The van der Waals surface area contributed by atoms with Crippen molar-refractivity contribution in [1.82, 2.24) is 0 Å². The van der Waals surface area contributed by atoms with Gasteiger partial charge in [0.2, 0.25) is 0 Å². The Labute approximate surface area is 109 Å². The molecule has 1 heterocycles. The highest BCUT2D eigenvalue weighted by Gasteiger charge is 2.12. The van der Waals surface area contributed by atoms with Gasteiger partial charge in [0.05, 0.1) is 11.4 Å². The maximum atomic E-state index is 11.7. The molecule has 2 N–H and O–H groups in total. The second-order valence-electron chi connectivity index (χ2n) is 4.12. The molecular weight excluding hydrogens is 246 g/mol. The van der Waals surface area contributed by atoms with E-state index in [0.717, 1.165) is 0 Å². The van der Waals surface area contributed by atoms with Crippen LogP contribution in [-0.4, -0.2) is 15.9 Å². The van der Waals surface area contributed by atoms with Gasteiger partial charge in [0, 0.05) is 6.07 Å². The fourth-order valence-electron chi connectivity index (χ4n) is 1.71. The summed E-state index contributed by atoms with van der Waals surface area (Å²) in [5.74, 6) is 0.312. The number of nitrogens with zero attached hydrogens (tertiary/aromatic N) is 1. The highest BCUT2D eigenvalue weighted by molar-refractivity contribution is 6.01. The third-order valence-corrected chi connectivity index (χ3v) is 2.56. The molecule has 0 saturated carbocycles. The molecule has 0 saturated heterocycles. The van der Waals surface area contributed by atoms with Crippen LogP contribution in [0.4, 0.5) is 5.69 Å². The maximum absolute atomic E-state index is 11.7. The molecule has 1 aromatic carbocycles. The summed E-state index contributed by atoms with van der Waals surface area (Å²) in [5, 5.41) is 19.0. The topological polar surface area (TPSA) is 83.0 Å². The summed E-state index contributed by atoms with van der Waals surface area (Å²) in [6, 6.07) is 7.55. The van der Waals surface area contributed by atoms with Crippen molar-refractivity contribution in [2.45, 2.75) is 13.8 Å². The molecular formula is C14H13NO4. The molecule has 0 aliphatic heterocycles. The van der Waals surface area contributed by atoms with Crippen molar-refractivity contribution >= 4 is 11.4 Å². The van der Waals surface area contributed by atoms with E-state index in [1.165, 1.54) is 18.2 Å². The number of phenolic OH excluding ortho intramolecular Hbond substituents is 1. The molecule has 0 amide bonds. The van der Waals surface area contributed by atoms with Gasteiger partial charge in [-0.05, 0) is 38.1 Å². The fraction of sp³-hybridized carbons (Fsp3) is 0.143. The lowest BCUT2D eigenvalue weighted by Crippen LogP contribution is -2.12. The zero-order valence-corrected chi connectivity index (χ0v) is 10.5. The first kappa shape index (κ1) is 12.9. The van der Waals surface area contributed by atoms with Crippen molar-refractivity contribution in [3.8, 4) is 11.5 Å². The summed E-state index contributed by atoms with van der Waals surface area (Å²) in [7, 11) is 0. The summed E-state index contributed by atoms with van der Waals surface area (Å²) in [4.78, 5) is 15.9. The second kappa shape index (κ2) is 4.97. The van der Waals surface area contributed by atoms with E-state index in [4.69, 9.17) is 4.42 Å². The molecule has 0 radical (unpaired) electrons. The normalized spacial score (nSPS) is 11.6. The Kier molecular flexibility index (Phi) is 3.37. The number of hydrogen-bond acceptors (Lipinski definition) is 5. The third-order valence-electron chi connectivity index (χ3n) is 2.56. The molecule has 2 aromatic rings. The monoisotopic (exact) mass is 259 g/mol. The molecule has 0 bridgehead atoms. The van der Waals surface area contributed by atoms with Crippen LogP contribution in [0.5, 0.6) is 11.5 Å². The van der Waals surface area contributed by atoms with Crippen LogP contribution >= 0.6 is 0 Å². The Balaban J connectivity index is 2.47. The lowest BCUT2D eigenvalue weighted by molar-refractivity contribution is 0.432. The largest absolute Gasteiger partial charge is 0.508 e. The van der Waals surface area contributed by atoms with Gasteiger partial charge in [-0.25, -0.2) is 4.79 Å². The molecule has 98 valence electrons. The van der Waals surface area contributed by atoms with E-state index in [1.807, 2.05) is 0 Å². The van der Waals surface area contributed by atoms with Crippen LogP contribution in [0.1, 0.15) is 18.2 Å². The maximum Gasteiger partial charge on any atom is 0.348 e. The molecule has 1 aromatic heterocycles. The van der Waals surface area contributed by atoms with Crippen LogP contribution in [0.3, 0.4) is 0 Å². The van der Waals surface area contributed by atoms with Crippen molar-refractivity contribution in [2.75, 3.05) is 0 Å². The van der Waals surface area contributed by atoms with Crippen LogP contribution < -0.4 is 5.63 Å². The Morgan fingerprint density at radius 3 is 2.42 bits per heavy atom. The van der Waals surface area contributed by atoms with Gasteiger partial charge in [-0.2, -0.15) is 0 Å². The Morgan fingerprint density at radius 1 is 1.21 bits per heavy atom. The molecule has 0 atom stereocenters. The van der Waals surface area contributed by atoms with E-state index < -0.39 is 5.63 Å². The molecule has 0 aliphatic rings. The van der Waals surface area contributed by atoms with Crippen LogP contribution in [0.2, 0.25) is 0 Å². The van der Waals surface area contributed by atoms with Crippen LogP contribution in [-0.2, 0) is 0 Å². The number of rotatable bonds is 2. The molecule has 5 nitrogen and oxygen atoms in total. The lowest BCUT2D eigenvalue weighted by atomic mass is 10.1. The van der Waals surface area contributed by atoms with Crippen LogP contribution in [0.15, 0.2) is 44.5 Å². The Hall–Kier alpha value is -2.56. The second-order valence-corrected chi connectivity index (χ2v) is 4.12. The standard InChI is InChI=1S/C14H13NO4/c1-8-7-12(17)13(14(18)19-8)9(2)15-10-3-5-11(16)6-4-10/h3-7,16-17H,1-2H3. The summed E-state index contributed by atoms with van der Waals surface area (Å²) in [6.07, 6.45) is 0. The van der Waals surface area contributed by atoms with Crippen molar-refractivity contribution in [3.63, 3.8) is 0 Å². The average Bonchev–Trinajstić information content (AvgIpc) is 2.30. The number of aromatic hydroxyl groups is 2. The minimum absolute atomic E-state index is 0.0404. The zero-order valence-electron chi connectivity index (χ0n) is 10.5. The first-order valence-electron chi connectivity index (χ1n) is 5.66. The SMILES string of the molecule is CC(=Nc1ccc(O)cc1)c1c(O)cc(C)oc1=O. The van der Waals surface area contributed by atoms with E-state index in [9.17, 15) is 15.0 Å². The van der Waals surface area contributed by atoms with Gasteiger partial charge in [-0.3, -0.25) is 4.99 Å². The zero-order chi connectivity index (χ0) is 14.0. The minimum atomic E-state index is -0.627. The fourth-order valence-corrected chi connectivity index (χ4v) is 1.71. The molecule has 0 fully saturated rings.